The zero-order chi connectivity index (χ0) is 9.19. The van der Waals surface area contributed by atoms with E-state index in [1.54, 1.807) is 0 Å². The number of esters is 1. The highest BCUT2D eigenvalue weighted by atomic mass is 16.5. The van der Waals surface area contributed by atoms with Gasteiger partial charge in [-0.2, -0.15) is 0 Å². The number of rotatable bonds is 1. The van der Waals surface area contributed by atoms with E-state index < -0.39 is 0 Å². The Morgan fingerprint density at radius 1 is 1.67 bits per heavy atom. The monoisotopic (exact) mass is 171 g/mol. The Hall–Kier alpha value is -0.570. The molecule has 0 aromatic rings. The molecule has 0 amide bonds. The van der Waals surface area contributed by atoms with Gasteiger partial charge in [0, 0.05) is 0 Å². The van der Waals surface area contributed by atoms with Gasteiger partial charge in [-0.25, -0.2) is 0 Å². The molecule has 3 heteroatoms. The maximum Gasteiger partial charge on any atom is 0.311 e. The highest BCUT2D eigenvalue weighted by Gasteiger charge is 2.41. The van der Waals surface area contributed by atoms with Crippen LogP contribution in [-0.2, 0) is 9.53 Å². The molecule has 0 radical (unpaired) electrons. The minimum atomic E-state index is -0.278. The standard InChI is InChI=1S/C9H17NO2/c1-7-6-10-5-4-9(7,2)8(11)12-3/h7,10H,4-6H2,1-3H3. The summed E-state index contributed by atoms with van der Waals surface area (Å²) in [6.07, 6.45) is 0.876. The third-order valence-corrected chi connectivity index (χ3v) is 3.01. The van der Waals surface area contributed by atoms with Gasteiger partial charge < -0.3 is 10.1 Å². The summed E-state index contributed by atoms with van der Waals surface area (Å²) >= 11 is 0. The predicted molar refractivity (Wildman–Crippen MR) is 46.8 cm³/mol. The lowest BCUT2D eigenvalue weighted by Gasteiger charge is -2.37. The number of carbonyl (C=O) groups is 1. The van der Waals surface area contributed by atoms with Crippen LogP contribution in [0.1, 0.15) is 20.3 Å². The molecule has 1 saturated heterocycles. The van der Waals surface area contributed by atoms with Gasteiger partial charge >= 0.3 is 5.97 Å². The largest absolute Gasteiger partial charge is 0.469 e. The van der Waals surface area contributed by atoms with Crippen LogP contribution in [0.25, 0.3) is 0 Å². The maximum absolute atomic E-state index is 11.4. The van der Waals surface area contributed by atoms with Crippen molar-refractivity contribution in [1.29, 1.82) is 0 Å². The van der Waals surface area contributed by atoms with Crippen molar-refractivity contribution in [2.24, 2.45) is 11.3 Å². The Labute approximate surface area is 73.5 Å². The van der Waals surface area contributed by atoms with E-state index in [9.17, 15) is 4.79 Å². The van der Waals surface area contributed by atoms with Crippen molar-refractivity contribution < 1.29 is 9.53 Å². The smallest absolute Gasteiger partial charge is 0.311 e. The highest BCUT2D eigenvalue weighted by Crippen LogP contribution is 2.34. The van der Waals surface area contributed by atoms with Crippen LogP contribution in [0, 0.1) is 11.3 Å². The molecule has 2 atom stereocenters. The van der Waals surface area contributed by atoms with Gasteiger partial charge in [0.25, 0.3) is 0 Å². The molecule has 1 fully saturated rings. The van der Waals surface area contributed by atoms with Gasteiger partial charge in [-0.1, -0.05) is 6.92 Å². The molecule has 0 aromatic carbocycles. The highest BCUT2D eigenvalue weighted by molar-refractivity contribution is 5.76. The summed E-state index contributed by atoms with van der Waals surface area (Å²) < 4.78 is 4.80. The van der Waals surface area contributed by atoms with Crippen molar-refractivity contribution in [3.63, 3.8) is 0 Å². The quantitative estimate of drug-likeness (QED) is 0.593. The first-order chi connectivity index (χ1) is 5.61. The molecule has 1 aliphatic rings. The van der Waals surface area contributed by atoms with Crippen molar-refractivity contribution in [3.8, 4) is 0 Å². The Bertz CT molecular complexity index is 181. The summed E-state index contributed by atoms with van der Waals surface area (Å²) in [7, 11) is 1.46. The molecule has 0 aliphatic carbocycles. The second-order valence-corrected chi connectivity index (χ2v) is 3.76. The number of hydrogen-bond donors (Lipinski definition) is 1. The van der Waals surface area contributed by atoms with Crippen molar-refractivity contribution in [2.75, 3.05) is 20.2 Å². The first kappa shape index (κ1) is 9.52. The van der Waals surface area contributed by atoms with E-state index in [4.69, 9.17) is 4.74 Å². The molecule has 0 aromatic heterocycles. The van der Waals surface area contributed by atoms with Gasteiger partial charge in [0.15, 0.2) is 0 Å². The number of methoxy groups -OCH3 is 1. The molecular weight excluding hydrogens is 154 g/mol. The lowest BCUT2D eigenvalue weighted by atomic mass is 9.73. The van der Waals surface area contributed by atoms with E-state index in [0.29, 0.717) is 5.92 Å². The van der Waals surface area contributed by atoms with E-state index in [1.807, 2.05) is 6.92 Å². The van der Waals surface area contributed by atoms with E-state index >= 15 is 0 Å². The summed E-state index contributed by atoms with van der Waals surface area (Å²) in [5.41, 5.74) is -0.278. The minimum Gasteiger partial charge on any atom is -0.469 e. The third kappa shape index (κ3) is 1.46. The summed E-state index contributed by atoms with van der Waals surface area (Å²) in [6.45, 7) is 5.90. The van der Waals surface area contributed by atoms with Crippen LogP contribution in [0.15, 0.2) is 0 Å². The fourth-order valence-corrected chi connectivity index (χ4v) is 1.67. The zero-order valence-corrected chi connectivity index (χ0v) is 8.02. The number of piperidine rings is 1. The van der Waals surface area contributed by atoms with Crippen molar-refractivity contribution in [1.82, 2.24) is 5.32 Å². The number of ether oxygens (including phenoxy) is 1. The summed E-state index contributed by atoms with van der Waals surface area (Å²) in [5.74, 6) is 0.287. The van der Waals surface area contributed by atoms with Crippen LogP contribution in [0.3, 0.4) is 0 Å². The van der Waals surface area contributed by atoms with Gasteiger partial charge in [-0.3, -0.25) is 4.79 Å². The van der Waals surface area contributed by atoms with Gasteiger partial charge in [-0.15, -0.1) is 0 Å². The summed E-state index contributed by atoms with van der Waals surface area (Å²) in [4.78, 5) is 11.4. The maximum atomic E-state index is 11.4. The fraction of sp³-hybridized carbons (Fsp3) is 0.889. The van der Waals surface area contributed by atoms with E-state index in [0.717, 1.165) is 19.5 Å². The fourth-order valence-electron chi connectivity index (χ4n) is 1.67. The molecule has 2 unspecified atom stereocenters. The molecule has 1 aliphatic heterocycles. The normalized spacial score (nSPS) is 36.1. The Kier molecular flexibility index (Phi) is 2.73. The Morgan fingerprint density at radius 2 is 2.33 bits per heavy atom. The third-order valence-electron chi connectivity index (χ3n) is 3.01. The average molecular weight is 171 g/mol. The van der Waals surface area contributed by atoms with Gasteiger partial charge in [0.05, 0.1) is 12.5 Å². The molecule has 1 N–H and O–H groups in total. The predicted octanol–water partition coefficient (Wildman–Crippen LogP) is 0.795. The van der Waals surface area contributed by atoms with Crippen LogP contribution in [0.4, 0.5) is 0 Å². The average Bonchev–Trinajstić information content (AvgIpc) is 2.09. The topological polar surface area (TPSA) is 38.3 Å². The van der Waals surface area contributed by atoms with Gasteiger partial charge in [0.1, 0.15) is 0 Å². The van der Waals surface area contributed by atoms with Crippen LogP contribution in [0.2, 0.25) is 0 Å². The van der Waals surface area contributed by atoms with Gasteiger partial charge in [0.2, 0.25) is 0 Å². The molecule has 3 nitrogen and oxygen atoms in total. The van der Waals surface area contributed by atoms with E-state index in [2.05, 4.69) is 12.2 Å². The summed E-state index contributed by atoms with van der Waals surface area (Å²) in [5, 5.41) is 3.26. The van der Waals surface area contributed by atoms with Crippen LogP contribution < -0.4 is 5.32 Å². The van der Waals surface area contributed by atoms with Crippen LogP contribution in [0.5, 0.6) is 0 Å². The number of hydrogen-bond acceptors (Lipinski definition) is 3. The molecule has 1 heterocycles. The van der Waals surface area contributed by atoms with E-state index in [1.165, 1.54) is 7.11 Å². The lowest BCUT2D eigenvalue weighted by molar-refractivity contribution is -0.156. The zero-order valence-electron chi connectivity index (χ0n) is 8.02. The Balaban J connectivity index is 2.72. The van der Waals surface area contributed by atoms with E-state index in [-0.39, 0.29) is 11.4 Å². The molecular formula is C9H17NO2. The first-order valence-corrected chi connectivity index (χ1v) is 4.40. The Morgan fingerprint density at radius 3 is 2.83 bits per heavy atom. The number of nitrogens with one attached hydrogen (secondary N) is 1. The number of carbonyl (C=O) groups excluding carboxylic acids is 1. The van der Waals surface area contributed by atoms with Crippen LogP contribution >= 0.6 is 0 Å². The van der Waals surface area contributed by atoms with Crippen molar-refractivity contribution in [2.45, 2.75) is 20.3 Å². The minimum absolute atomic E-state index is 0.0727. The summed E-state index contributed by atoms with van der Waals surface area (Å²) in [6, 6.07) is 0. The second kappa shape index (κ2) is 3.44. The molecule has 0 bridgehead atoms. The first-order valence-electron chi connectivity index (χ1n) is 4.40. The SMILES string of the molecule is COC(=O)C1(C)CCNCC1C. The van der Waals surface area contributed by atoms with Crippen LogP contribution in [-0.4, -0.2) is 26.2 Å². The molecule has 0 spiro atoms. The van der Waals surface area contributed by atoms with Crippen molar-refractivity contribution in [3.05, 3.63) is 0 Å². The molecule has 70 valence electrons. The molecule has 1 rings (SSSR count). The molecule has 12 heavy (non-hydrogen) atoms. The molecule has 0 saturated carbocycles. The van der Waals surface area contributed by atoms with Gasteiger partial charge in [-0.05, 0) is 32.4 Å². The second-order valence-electron chi connectivity index (χ2n) is 3.76. The lowest BCUT2D eigenvalue weighted by Crippen LogP contribution is -2.47. The van der Waals surface area contributed by atoms with Crippen molar-refractivity contribution >= 4 is 5.97 Å².